The topological polar surface area (TPSA) is 29.5 Å². The molecule has 1 atom stereocenters. The lowest BCUT2D eigenvalue weighted by atomic mass is 10.1. The fourth-order valence-corrected chi connectivity index (χ4v) is 1.59. The summed E-state index contributed by atoms with van der Waals surface area (Å²) in [5.74, 6) is -2.31. The highest BCUT2D eigenvalue weighted by Gasteiger charge is 2.14. The molecule has 0 aliphatic rings. The molecule has 100 valence electrons. The highest BCUT2D eigenvalue weighted by Crippen LogP contribution is 2.21. The number of benzene rings is 2. The average molecular weight is 268 g/mol. The van der Waals surface area contributed by atoms with E-state index < -0.39 is 23.6 Å². The summed E-state index contributed by atoms with van der Waals surface area (Å²) in [7, 11) is 0. The lowest BCUT2D eigenvalue weighted by Crippen LogP contribution is -2.12. The van der Waals surface area contributed by atoms with Crippen molar-refractivity contribution in [3.05, 3.63) is 65.5 Å². The van der Waals surface area contributed by atoms with Crippen LogP contribution in [-0.2, 0) is 0 Å². The molecule has 0 heterocycles. The van der Waals surface area contributed by atoms with Crippen LogP contribution < -0.4 is 4.74 Å². The maximum absolute atomic E-state index is 13.4. The second-order valence-electron chi connectivity index (χ2n) is 3.92. The molecule has 0 spiro atoms. The molecule has 1 unspecified atom stereocenters. The smallest absolute Gasteiger partial charge is 0.165 e. The Labute approximate surface area is 108 Å². The van der Waals surface area contributed by atoms with Crippen molar-refractivity contribution in [1.82, 2.24) is 0 Å². The van der Waals surface area contributed by atoms with Crippen LogP contribution in [0.1, 0.15) is 11.7 Å². The predicted molar refractivity (Wildman–Crippen MR) is 63.2 cm³/mol. The van der Waals surface area contributed by atoms with E-state index >= 15 is 0 Å². The number of hydrogen-bond donors (Lipinski definition) is 1. The summed E-state index contributed by atoms with van der Waals surface area (Å²) in [5.41, 5.74) is 0.0410. The van der Waals surface area contributed by atoms with Gasteiger partial charge in [-0.3, -0.25) is 0 Å². The van der Waals surface area contributed by atoms with E-state index in [2.05, 4.69) is 0 Å². The molecule has 0 fully saturated rings. The van der Waals surface area contributed by atoms with Gasteiger partial charge in [-0.1, -0.05) is 18.2 Å². The van der Waals surface area contributed by atoms with E-state index in [9.17, 15) is 18.3 Å². The van der Waals surface area contributed by atoms with Gasteiger partial charge in [0.1, 0.15) is 24.3 Å². The Bertz CT molecular complexity index is 572. The third-order valence-corrected chi connectivity index (χ3v) is 2.55. The van der Waals surface area contributed by atoms with Crippen molar-refractivity contribution < 1.29 is 23.0 Å². The van der Waals surface area contributed by atoms with E-state index in [1.807, 2.05) is 0 Å². The summed E-state index contributed by atoms with van der Waals surface area (Å²) in [6.07, 6.45) is -1.26. The summed E-state index contributed by atoms with van der Waals surface area (Å²) in [5, 5.41) is 9.74. The zero-order chi connectivity index (χ0) is 13.8. The SMILES string of the molecule is OC(COc1cc(F)ccc1F)c1ccccc1F. The third-order valence-electron chi connectivity index (χ3n) is 2.55. The number of halogens is 3. The average Bonchev–Trinajstić information content (AvgIpc) is 2.40. The van der Waals surface area contributed by atoms with Crippen LogP contribution in [0, 0.1) is 17.5 Å². The quantitative estimate of drug-likeness (QED) is 0.922. The summed E-state index contributed by atoms with van der Waals surface area (Å²) in [6.45, 7) is -0.374. The fraction of sp³-hybridized carbons (Fsp3) is 0.143. The number of aliphatic hydroxyl groups is 1. The maximum Gasteiger partial charge on any atom is 0.165 e. The molecule has 0 aliphatic heterocycles. The molecule has 0 bridgehead atoms. The molecule has 0 saturated carbocycles. The lowest BCUT2D eigenvalue weighted by Gasteiger charge is -2.13. The van der Waals surface area contributed by atoms with Gasteiger partial charge in [0.25, 0.3) is 0 Å². The number of rotatable bonds is 4. The molecule has 1 N–H and O–H groups in total. The highest BCUT2D eigenvalue weighted by molar-refractivity contribution is 5.25. The van der Waals surface area contributed by atoms with Crippen molar-refractivity contribution >= 4 is 0 Å². The van der Waals surface area contributed by atoms with Crippen LogP contribution in [0.4, 0.5) is 13.2 Å². The molecular formula is C14H11F3O2. The lowest BCUT2D eigenvalue weighted by molar-refractivity contribution is 0.102. The Morgan fingerprint density at radius 3 is 2.47 bits per heavy atom. The van der Waals surface area contributed by atoms with Gasteiger partial charge in [0, 0.05) is 11.6 Å². The molecular weight excluding hydrogens is 257 g/mol. The van der Waals surface area contributed by atoms with Crippen molar-refractivity contribution in [1.29, 1.82) is 0 Å². The molecule has 2 aromatic carbocycles. The molecule has 19 heavy (non-hydrogen) atoms. The standard InChI is InChI=1S/C14H11F3O2/c15-9-5-6-12(17)14(7-9)19-8-13(18)10-3-1-2-4-11(10)16/h1-7,13,18H,8H2. The van der Waals surface area contributed by atoms with Crippen molar-refractivity contribution in [2.24, 2.45) is 0 Å². The summed E-state index contributed by atoms with van der Waals surface area (Å²) in [4.78, 5) is 0. The van der Waals surface area contributed by atoms with Gasteiger partial charge in [-0.2, -0.15) is 0 Å². The van der Waals surface area contributed by atoms with Crippen LogP contribution in [0.25, 0.3) is 0 Å². The Hall–Kier alpha value is -2.01. The largest absolute Gasteiger partial charge is 0.487 e. The number of aliphatic hydroxyl groups excluding tert-OH is 1. The molecule has 2 aromatic rings. The van der Waals surface area contributed by atoms with Crippen LogP contribution in [-0.4, -0.2) is 11.7 Å². The van der Waals surface area contributed by atoms with Gasteiger partial charge in [0.05, 0.1) is 0 Å². The van der Waals surface area contributed by atoms with Crippen LogP contribution >= 0.6 is 0 Å². The molecule has 2 nitrogen and oxygen atoms in total. The Morgan fingerprint density at radius 1 is 1.00 bits per heavy atom. The van der Waals surface area contributed by atoms with Gasteiger partial charge in [0.15, 0.2) is 11.6 Å². The van der Waals surface area contributed by atoms with Crippen molar-refractivity contribution in [2.45, 2.75) is 6.10 Å². The van der Waals surface area contributed by atoms with E-state index in [-0.39, 0.29) is 17.9 Å². The fourth-order valence-electron chi connectivity index (χ4n) is 1.59. The second kappa shape index (κ2) is 5.75. The number of ether oxygens (including phenoxy) is 1. The zero-order valence-corrected chi connectivity index (χ0v) is 9.82. The Balaban J connectivity index is 2.06. The Morgan fingerprint density at radius 2 is 1.74 bits per heavy atom. The first-order valence-electron chi connectivity index (χ1n) is 5.58. The molecule has 0 radical (unpaired) electrons. The van der Waals surface area contributed by atoms with Crippen molar-refractivity contribution in [3.63, 3.8) is 0 Å². The van der Waals surface area contributed by atoms with Gasteiger partial charge in [-0.25, -0.2) is 13.2 Å². The first-order valence-corrected chi connectivity index (χ1v) is 5.58. The van der Waals surface area contributed by atoms with E-state index in [1.54, 1.807) is 6.07 Å². The van der Waals surface area contributed by atoms with E-state index in [1.165, 1.54) is 18.2 Å². The van der Waals surface area contributed by atoms with Gasteiger partial charge in [-0.15, -0.1) is 0 Å². The van der Waals surface area contributed by atoms with Gasteiger partial charge < -0.3 is 9.84 Å². The molecule has 0 aromatic heterocycles. The first kappa shape index (κ1) is 13.4. The second-order valence-corrected chi connectivity index (χ2v) is 3.92. The van der Waals surface area contributed by atoms with Crippen molar-refractivity contribution in [2.75, 3.05) is 6.61 Å². The van der Waals surface area contributed by atoms with E-state index in [0.29, 0.717) is 0 Å². The van der Waals surface area contributed by atoms with E-state index in [4.69, 9.17) is 4.74 Å². The monoisotopic (exact) mass is 268 g/mol. The van der Waals surface area contributed by atoms with Gasteiger partial charge in [-0.05, 0) is 18.2 Å². The van der Waals surface area contributed by atoms with Crippen LogP contribution in [0.15, 0.2) is 42.5 Å². The van der Waals surface area contributed by atoms with Crippen LogP contribution in [0.2, 0.25) is 0 Å². The minimum Gasteiger partial charge on any atom is -0.487 e. The van der Waals surface area contributed by atoms with Crippen molar-refractivity contribution in [3.8, 4) is 5.75 Å². The van der Waals surface area contributed by atoms with Gasteiger partial charge >= 0.3 is 0 Å². The molecule has 0 saturated heterocycles. The van der Waals surface area contributed by atoms with E-state index in [0.717, 1.165) is 18.2 Å². The molecule has 5 heteroatoms. The van der Waals surface area contributed by atoms with Gasteiger partial charge in [0.2, 0.25) is 0 Å². The zero-order valence-electron chi connectivity index (χ0n) is 9.82. The molecule has 0 aliphatic carbocycles. The predicted octanol–water partition coefficient (Wildman–Crippen LogP) is 3.22. The normalized spacial score (nSPS) is 12.2. The third kappa shape index (κ3) is 3.26. The number of hydrogen-bond acceptors (Lipinski definition) is 2. The molecule has 2 rings (SSSR count). The highest BCUT2D eigenvalue weighted by atomic mass is 19.1. The summed E-state index contributed by atoms with van der Waals surface area (Å²) >= 11 is 0. The minimum absolute atomic E-state index is 0.0410. The van der Waals surface area contributed by atoms with Crippen LogP contribution in [0.5, 0.6) is 5.75 Å². The Kier molecular flexibility index (Phi) is 4.06. The summed E-state index contributed by atoms with van der Waals surface area (Å²) < 4.78 is 44.5. The summed E-state index contributed by atoms with van der Waals surface area (Å²) in [6, 6.07) is 8.37. The first-order chi connectivity index (χ1) is 9.08. The molecule has 0 amide bonds. The van der Waals surface area contributed by atoms with Crippen LogP contribution in [0.3, 0.4) is 0 Å². The maximum atomic E-state index is 13.4. The minimum atomic E-state index is -1.26.